The fourth-order valence-corrected chi connectivity index (χ4v) is 6.11. The second-order valence-corrected chi connectivity index (χ2v) is 10.7. The van der Waals surface area contributed by atoms with Crippen LogP contribution in [0, 0.1) is 0 Å². The maximum absolute atomic E-state index is 14.0. The van der Waals surface area contributed by atoms with Gasteiger partial charge >= 0.3 is 0 Å². The molecule has 7 nitrogen and oxygen atoms in total. The number of methoxy groups -OCH3 is 2. The van der Waals surface area contributed by atoms with Gasteiger partial charge in [-0.15, -0.1) is 23.7 Å². The fraction of sp³-hybridized carbons (Fsp3) is 0.344. The van der Waals surface area contributed by atoms with Crippen molar-refractivity contribution in [2.75, 3.05) is 54.0 Å². The molecule has 0 amide bonds. The molecule has 0 bridgehead atoms. The van der Waals surface area contributed by atoms with Gasteiger partial charge in [0.2, 0.25) is 0 Å². The lowest BCUT2D eigenvalue weighted by molar-refractivity contribution is 0.0510. The molecule has 9 heteroatoms. The van der Waals surface area contributed by atoms with E-state index in [1.54, 1.807) is 25.6 Å². The molecule has 0 unspecified atom stereocenters. The van der Waals surface area contributed by atoms with Gasteiger partial charge in [0.25, 0.3) is 0 Å². The second kappa shape index (κ2) is 15.2. The SMILES string of the molecule is COCOc1ccc(-c2sc3cc(OCOC)ccc3c2C(=O)c2ccc(OCCN3CCCCC3)cc2)cc1.Cl. The van der Waals surface area contributed by atoms with Crippen LogP contribution in [0.4, 0.5) is 0 Å². The summed E-state index contributed by atoms with van der Waals surface area (Å²) in [5, 5.41) is 0.885. The Morgan fingerprint density at radius 3 is 2.07 bits per heavy atom. The van der Waals surface area contributed by atoms with E-state index in [-0.39, 0.29) is 31.8 Å². The van der Waals surface area contributed by atoms with Crippen molar-refractivity contribution < 1.29 is 28.5 Å². The van der Waals surface area contributed by atoms with Crippen LogP contribution in [0.1, 0.15) is 35.2 Å². The Morgan fingerprint density at radius 1 is 0.780 bits per heavy atom. The largest absolute Gasteiger partial charge is 0.492 e. The van der Waals surface area contributed by atoms with E-state index in [1.807, 2.05) is 66.7 Å². The Balaban J connectivity index is 0.00000387. The van der Waals surface area contributed by atoms with Gasteiger partial charge in [-0.2, -0.15) is 0 Å². The van der Waals surface area contributed by atoms with Crippen molar-refractivity contribution in [3.63, 3.8) is 0 Å². The van der Waals surface area contributed by atoms with E-state index in [1.165, 1.54) is 19.3 Å². The third-order valence-corrected chi connectivity index (χ3v) is 8.14. The van der Waals surface area contributed by atoms with Crippen LogP contribution >= 0.6 is 23.7 Å². The molecule has 0 atom stereocenters. The number of benzene rings is 3. The molecule has 1 fully saturated rings. The Morgan fingerprint density at radius 2 is 1.39 bits per heavy atom. The van der Waals surface area contributed by atoms with Gasteiger partial charge in [0.1, 0.15) is 23.9 Å². The molecule has 1 aliphatic rings. The molecule has 5 rings (SSSR count). The summed E-state index contributed by atoms with van der Waals surface area (Å²) in [6, 6.07) is 20.9. The van der Waals surface area contributed by atoms with E-state index in [2.05, 4.69) is 4.90 Å². The lowest BCUT2D eigenvalue weighted by Crippen LogP contribution is -2.33. The molecular weight excluding hydrogens is 562 g/mol. The Labute approximate surface area is 251 Å². The van der Waals surface area contributed by atoms with Gasteiger partial charge in [0.05, 0.1) is 0 Å². The standard InChI is InChI=1S/C32H35NO6S.ClH/c1-35-21-38-26-12-8-24(9-13-26)32-30(28-15-14-27(39-22-36-2)20-29(28)40-32)31(34)23-6-10-25(11-7-23)37-19-18-33-16-4-3-5-17-33;/h6-15,20H,3-5,16-19,21-22H2,1-2H3;1H. The van der Waals surface area contributed by atoms with Crippen LogP contribution in [-0.4, -0.2) is 64.7 Å². The molecule has 0 radical (unpaired) electrons. The number of fused-ring (bicyclic) bond motifs is 1. The number of rotatable bonds is 13. The molecule has 218 valence electrons. The zero-order chi connectivity index (χ0) is 27.7. The van der Waals surface area contributed by atoms with Crippen molar-refractivity contribution in [2.24, 2.45) is 0 Å². The highest BCUT2D eigenvalue weighted by molar-refractivity contribution is 7.22. The summed E-state index contributed by atoms with van der Waals surface area (Å²) in [5.74, 6) is 2.13. The fourth-order valence-electron chi connectivity index (χ4n) is 4.87. The van der Waals surface area contributed by atoms with Gasteiger partial charge < -0.3 is 23.7 Å². The van der Waals surface area contributed by atoms with Gasteiger partial charge in [0, 0.05) is 46.9 Å². The topological polar surface area (TPSA) is 66.5 Å². The highest BCUT2D eigenvalue weighted by atomic mass is 35.5. The average Bonchev–Trinajstić information content (AvgIpc) is 3.38. The van der Waals surface area contributed by atoms with Crippen LogP contribution in [0.3, 0.4) is 0 Å². The number of hydrogen-bond acceptors (Lipinski definition) is 8. The maximum atomic E-state index is 14.0. The summed E-state index contributed by atoms with van der Waals surface area (Å²) < 4.78 is 28.2. The first-order valence-electron chi connectivity index (χ1n) is 13.6. The summed E-state index contributed by atoms with van der Waals surface area (Å²) in [4.78, 5) is 17.3. The number of ketones is 1. The molecule has 0 saturated carbocycles. The predicted octanol–water partition coefficient (Wildman–Crippen LogP) is 7.05. The highest BCUT2D eigenvalue weighted by Crippen LogP contribution is 2.41. The van der Waals surface area contributed by atoms with E-state index in [9.17, 15) is 4.79 Å². The summed E-state index contributed by atoms with van der Waals surface area (Å²) in [7, 11) is 3.17. The minimum Gasteiger partial charge on any atom is -0.492 e. The number of carbonyl (C=O) groups is 1. The summed E-state index contributed by atoms with van der Waals surface area (Å²) in [6.45, 7) is 4.20. The van der Waals surface area contributed by atoms with Crippen LogP contribution < -0.4 is 14.2 Å². The first-order valence-corrected chi connectivity index (χ1v) is 14.4. The molecule has 0 spiro atoms. The lowest BCUT2D eigenvalue weighted by atomic mass is 9.97. The first kappa shape index (κ1) is 30.8. The lowest BCUT2D eigenvalue weighted by Gasteiger charge is -2.26. The molecule has 4 aromatic rings. The quantitative estimate of drug-likeness (QED) is 0.121. The van der Waals surface area contributed by atoms with Gasteiger partial charge in [-0.3, -0.25) is 9.69 Å². The van der Waals surface area contributed by atoms with Crippen LogP contribution in [0.15, 0.2) is 66.7 Å². The smallest absolute Gasteiger partial charge is 0.195 e. The van der Waals surface area contributed by atoms with Crippen molar-refractivity contribution in [3.05, 3.63) is 77.9 Å². The van der Waals surface area contributed by atoms with Crippen LogP contribution in [-0.2, 0) is 9.47 Å². The average molecular weight is 598 g/mol. The first-order chi connectivity index (χ1) is 19.7. The number of hydrogen-bond donors (Lipinski definition) is 0. The summed E-state index contributed by atoms with van der Waals surface area (Å²) in [5.41, 5.74) is 2.22. The number of ether oxygens (including phenoxy) is 5. The van der Waals surface area contributed by atoms with Gasteiger partial charge in [-0.05, 0) is 98.2 Å². The highest BCUT2D eigenvalue weighted by Gasteiger charge is 2.22. The predicted molar refractivity (Wildman–Crippen MR) is 165 cm³/mol. The zero-order valence-corrected chi connectivity index (χ0v) is 25.1. The van der Waals surface area contributed by atoms with Gasteiger partial charge in [0.15, 0.2) is 19.4 Å². The van der Waals surface area contributed by atoms with E-state index >= 15 is 0 Å². The minimum absolute atomic E-state index is 0. The number of nitrogens with zero attached hydrogens (tertiary/aromatic N) is 1. The van der Waals surface area contributed by atoms with Gasteiger partial charge in [-0.1, -0.05) is 6.42 Å². The van der Waals surface area contributed by atoms with Crippen LogP contribution in [0.25, 0.3) is 20.5 Å². The van der Waals surface area contributed by atoms with E-state index in [0.717, 1.165) is 45.9 Å². The molecular formula is C32H36ClNO6S. The second-order valence-electron chi connectivity index (χ2n) is 9.69. The molecule has 41 heavy (non-hydrogen) atoms. The number of halogens is 1. The Hall–Kier alpha value is -3.14. The van der Waals surface area contributed by atoms with E-state index < -0.39 is 0 Å². The minimum atomic E-state index is -0.0358. The maximum Gasteiger partial charge on any atom is 0.195 e. The molecule has 0 N–H and O–H groups in total. The van der Waals surface area contributed by atoms with Crippen LogP contribution in [0.2, 0.25) is 0 Å². The van der Waals surface area contributed by atoms with Crippen molar-refractivity contribution in [2.45, 2.75) is 19.3 Å². The number of thiophene rings is 1. The van der Waals surface area contributed by atoms with Crippen molar-refractivity contribution >= 4 is 39.6 Å². The zero-order valence-electron chi connectivity index (χ0n) is 23.4. The molecule has 1 aromatic heterocycles. The normalized spacial score (nSPS) is 13.5. The van der Waals surface area contributed by atoms with E-state index in [0.29, 0.717) is 29.2 Å². The Bertz CT molecular complexity index is 1400. The van der Waals surface area contributed by atoms with E-state index in [4.69, 9.17) is 23.7 Å². The summed E-state index contributed by atoms with van der Waals surface area (Å²) >= 11 is 1.56. The number of piperidine rings is 1. The van der Waals surface area contributed by atoms with Crippen molar-refractivity contribution in [3.8, 4) is 27.7 Å². The monoisotopic (exact) mass is 597 g/mol. The molecule has 3 aromatic carbocycles. The van der Waals surface area contributed by atoms with Crippen LogP contribution in [0.5, 0.6) is 17.2 Å². The van der Waals surface area contributed by atoms with Crippen molar-refractivity contribution in [1.82, 2.24) is 4.90 Å². The van der Waals surface area contributed by atoms with Crippen molar-refractivity contribution in [1.29, 1.82) is 0 Å². The summed E-state index contributed by atoms with van der Waals surface area (Å²) in [6.07, 6.45) is 3.86. The number of likely N-dealkylation sites (tertiary alicyclic amines) is 1. The molecule has 1 aliphatic heterocycles. The number of carbonyl (C=O) groups excluding carboxylic acids is 1. The molecule has 2 heterocycles. The third-order valence-electron chi connectivity index (χ3n) is 6.93. The van der Waals surface area contributed by atoms with Gasteiger partial charge in [-0.25, -0.2) is 0 Å². The molecule has 1 saturated heterocycles. The molecule has 0 aliphatic carbocycles. The Kier molecular flexibility index (Phi) is 11.4. The third kappa shape index (κ3) is 7.78.